The van der Waals surface area contributed by atoms with Gasteiger partial charge in [-0.05, 0) is 51.4 Å². The molecule has 0 aliphatic carbocycles. The fourth-order valence-corrected chi connectivity index (χ4v) is 6.45. The van der Waals surface area contributed by atoms with Crippen LogP contribution in [0.1, 0.15) is 174 Å². The molecular weight excluding hydrogens is 713 g/mol. The molecule has 1 N–H and O–H groups in total. The van der Waals surface area contributed by atoms with E-state index >= 15 is 0 Å². The lowest BCUT2D eigenvalue weighted by atomic mass is 10.0. The number of esters is 2. The van der Waals surface area contributed by atoms with Crippen LogP contribution in [0.15, 0.2) is 48.6 Å². The maximum atomic E-state index is 12.7. The third-order valence-corrected chi connectivity index (χ3v) is 10.1. The summed E-state index contributed by atoms with van der Waals surface area (Å²) >= 11 is 0. The first kappa shape index (κ1) is 53.0. The highest BCUT2D eigenvalue weighted by molar-refractivity contribution is 7.47. The van der Waals surface area contributed by atoms with Gasteiger partial charge in [-0.2, -0.15) is 0 Å². The van der Waals surface area contributed by atoms with Crippen molar-refractivity contribution < 1.29 is 42.1 Å². The summed E-state index contributed by atoms with van der Waals surface area (Å²) in [7, 11) is 1.45. The molecule has 0 fully saturated rings. The molecule has 0 bridgehead atoms. The van der Waals surface area contributed by atoms with E-state index in [0.717, 1.165) is 51.4 Å². The molecule has 0 spiro atoms. The van der Waals surface area contributed by atoms with Crippen molar-refractivity contribution in [1.82, 2.24) is 0 Å². The summed E-state index contributed by atoms with van der Waals surface area (Å²) in [5, 5.41) is 0. The zero-order valence-corrected chi connectivity index (χ0v) is 36.8. The van der Waals surface area contributed by atoms with Gasteiger partial charge >= 0.3 is 19.8 Å². The minimum absolute atomic E-state index is 0.0247. The van der Waals surface area contributed by atoms with E-state index in [9.17, 15) is 19.0 Å². The minimum Gasteiger partial charge on any atom is -0.462 e. The van der Waals surface area contributed by atoms with Crippen molar-refractivity contribution in [2.24, 2.45) is 0 Å². The SMILES string of the molecule is CC/C=C/C/C=C/C/C=C/C/C=C/CCCCC(=O)OC[C@H](COP(=O)(O)OCC[N+](C)(C)C)OC(=O)CCCCCCCCCCCCCCCCCC. The van der Waals surface area contributed by atoms with Gasteiger partial charge in [-0.1, -0.05) is 159 Å². The van der Waals surface area contributed by atoms with Crippen LogP contribution in [0.25, 0.3) is 0 Å². The summed E-state index contributed by atoms with van der Waals surface area (Å²) in [6, 6.07) is 0. The van der Waals surface area contributed by atoms with Crippen molar-refractivity contribution >= 4 is 19.8 Å². The normalized spacial score (nSPS) is 14.1. The van der Waals surface area contributed by atoms with E-state index in [2.05, 4.69) is 62.5 Å². The zero-order chi connectivity index (χ0) is 40.7. The summed E-state index contributed by atoms with van der Waals surface area (Å²) in [4.78, 5) is 35.3. The monoisotopic (exact) mass is 797 g/mol. The van der Waals surface area contributed by atoms with E-state index in [4.69, 9.17) is 18.5 Å². The summed E-state index contributed by atoms with van der Waals surface area (Å²) in [6.45, 7) is 4.26. The molecule has 0 radical (unpaired) electrons. The Hall–Kier alpha value is -2.03. The van der Waals surface area contributed by atoms with Gasteiger partial charge in [0.1, 0.15) is 19.8 Å². The highest BCUT2D eigenvalue weighted by Crippen LogP contribution is 2.43. The van der Waals surface area contributed by atoms with E-state index in [0.29, 0.717) is 23.9 Å². The maximum Gasteiger partial charge on any atom is 0.472 e. The number of unbranched alkanes of at least 4 members (excludes halogenated alkanes) is 17. The molecule has 0 amide bonds. The van der Waals surface area contributed by atoms with E-state index in [-0.39, 0.29) is 26.1 Å². The number of quaternary nitrogens is 1. The van der Waals surface area contributed by atoms with Gasteiger partial charge in [-0.3, -0.25) is 18.6 Å². The average Bonchev–Trinajstić information content (AvgIpc) is 3.13. The van der Waals surface area contributed by atoms with Crippen molar-refractivity contribution in [2.45, 2.75) is 180 Å². The molecule has 0 heterocycles. The Kier molecular flexibility index (Phi) is 36.2. The summed E-state index contributed by atoms with van der Waals surface area (Å²) in [5.74, 6) is -0.845. The van der Waals surface area contributed by atoms with E-state index in [1.165, 1.54) is 83.5 Å². The summed E-state index contributed by atoms with van der Waals surface area (Å²) in [6.07, 6.45) is 43.0. The number of hydrogen-bond donors (Lipinski definition) is 1. The first-order valence-electron chi connectivity index (χ1n) is 21.9. The number of allylic oxidation sites excluding steroid dienone is 8. The standard InChI is InChI=1S/C45H82NO8P/c1-6-8-10-12-14-16-18-20-22-24-26-28-30-32-34-36-38-45(48)54-43(42-53-55(49,50)52-40-39-46(3,4)5)41-51-44(47)37-35-33-31-29-27-25-23-21-19-17-15-13-11-9-7-2/h9,11,15,17,21,23,27,29,43H,6-8,10,12-14,16,18-20,22,24-26,28,30-42H2,1-5H3/p+1/b11-9+,17-15+,23-21+,29-27+/t43-/m1/s1. The number of carbonyl (C=O) groups is 2. The third-order valence-electron chi connectivity index (χ3n) is 9.12. The van der Waals surface area contributed by atoms with Crippen LogP contribution in [-0.4, -0.2) is 74.9 Å². The molecule has 0 aliphatic rings. The molecule has 0 aromatic heterocycles. The zero-order valence-electron chi connectivity index (χ0n) is 35.9. The number of nitrogens with zero attached hydrogens (tertiary/aromatic N) is 1. The molecule has 9 nitrogen and oxygen atoms in total. The number of phosphoric acid groups is 1. The number of likely N-dealkylation sites (N-methyl/N-ethyl adjacent to an activating group) is 1. The predicted molar refractivity (Wildman–Crippen MR) is 229 cm³/mol. The van der Waals surface area contributed by atoms with Crippen molar-refractivity contribution in [2.75, 3.05) is 47.5 Å². The second-order valence-corrected chi connectivity index (χ2v) is 17.2. The smallest absolute Gasteiger partial charge is 0.462 e. The van der Waals surface area contributed by atoms with Gasteiger partial charge in [-0.15, -0.1) is 0 Å². The Morgan fingerprint density at radius 3 is 1.55 bits per heavy atom. The largest absolute Gasteiger partial charge is 0.472 e. The highest BCUT2D eigenvalue weighted by atomic mass is 31.2. The van der Waals surface area contributed by atoms with Crippen LogP contribution < -0.4 is 0 Å². The van der Waals surface area contributed by atoms with Crippen LogP contribution >= 0.6 is 7.82 Å². The fraction of sp³-hybridized carbons (Fsp3) is 0.778. The van der Waals surface area contributed by atoms with Gasteiger partial charge in [-0.25, -0.2) is 4.57 Å². The number of ether oxygens (including phenoxy) is 2. The molecule has 0 rings (SSSR count). The Bertz CT molecular complexity index is 1080. The summed E-state index contributed by atoms with van der Waals surface area (Å²) in [5.41, 5.74) is 0. The molecule has 0 aliphatic heterocycles. The van der Waals surface area contributed by atoms with Crippen molar-refractivity contribution in [3.05, 3.63) is 48.6 Å². The molecule has 2 atom stereocenters. The van der Waals surface area contributed by atoms with Gasteiger partial charge < -0.3 is 18.9 Å². The fourth-order valence-electron chi connectivity index (χ4n) is 5.71. The molecular formula is C45H83NO8P+. The van der Waals surface area contributed by atoms with Crippen molar-refractivity contribution in [1.29, 1.82) is 0 Å². The van der Waals surface area contributed by atoms with Crippen LogP contribution in [0.4, 0.5) is 0 Å². The molecule has 55 heavy (non-hydrogen) atoms. The molecule has 10 heteroatoms. The van der Waals surface area contributed by atoms with E-state index < -0.39 is 32.5 Å². The third kappa shape index (κ3) is 41.4. The van der Waals surface area contributed by atoms with E-state index in [1.807, 2.05) is 21.1 Å². The van der Waals surface area contributed by atoms with Crippen LogP contribution in [0.3, 0.4) is 0 Å². The molecule has 0 aromatic rings. The minimum atomic E-state index is -4.38. The lowest BCUT2D eigenvalue weighted by Crippen LogP contribution is -2.37. The van der Waals surface area contributed by atoms with Gasteiger partial charge in [0.2, 0.25) is 0 Å². The van der Waals surface area contributed by atoms with E-state index in [1.54, 1.807) is 0 Å². The van der Waals surface area contributed by atoms with Crippen LogP contribution in [0, 0.1) is 0 Å². The maximum absolute atomic E-state index is 12.7. The molecule has 0 aromatic carbocycles. The molecule has 0 saturated carbocycles. The van der Waals surface area contributed by atoms with Crippen molar-refractivity contribution in [3.63, 3.8) is 0 Å². The first-order valence-corrected chi connectivity index (χ1v) is 23.4. The number of phosphoric ester groups is 1. The van der Waals surface area contributed by atoms with Gasteiger partial charge in [0.15, 0.2) is 6.10 Å². The quantitative estimate of drug-likeness (QED) is 0.0215. The molecule has 0 saturated heterocycles. The highest BCUT2D eigenvalue weighted by Gasteiger charge is 2.27. The number of rotatable bonds is 39. The second-order valence-electron chi connectivity index (χ2n) is 15.7. The topological polar surface area (TPSA) is 108 Å². The number of carbonyl (C=O) groups excluding carboxylic acids is 2. The molecule has 320 valence electrons. The molecule has 1 unspecified atom stereocenters. The van der Waals surface area contributed by atoms with Crippen LogP contribution in [0.5, 0.6) is 0 Å². The Morgan fingerprint density at radius 1 is 0.582 bits per heavy atom. The van der Waals surface area contributed by atoms with Crippen LogP contribution in [0.2, 0.25) is 0 Å². The second kappa shape index (κ2) is 37.5. The number of hydrogen-bond acceptors (Lipinski definition) is 7. The Balaban J connectivity index is 4.42. The Labute approximate surface area is 337 Å². The predicted octanol–water partition coefficient (Wildman–Crippen LogP) is 12.3. The Morgan fingerprint density at radius 2 is 1.04 bits per heavy atom. The van der Waals surface area contributed by atoms with Gasteiger partial charge in [0.25, 0.3) is 0 Å². The average molecular weight is 797 g/mol. The lowest BCUT2D eigenvalue weighted by Gasteiger charge is -2.24. The summed E-state index contributed by atoms with van der Waals surface area (Å²) < 4.78 is 34.2. The van der Waals surface area contributed by atoms with Crippen LogP contribution in [-0.2, 0) is 32.7 Å². The van der Waals surface area contributed by atoms with Gasteiger partial charge in [0.05, 0.1) is 27.7 Å². The van der Waals surface area contributed by atoms with Crippen molar-refractivity contribution in [3.8, 4) is 0 Å². The lowest BCUT2D eigenvalue weighted by molar-refractivity contribution is -0.870. The van der Waals surface area contributed by atoms with Gasteiger partial charge in [0, 0.05) is 12.8 Å². The first-order chi connectivity index (χ1) is 26.5.